The Bertz CT molecular complexity index is 1700. The van der Waals surface area contributed by atoms with Gasteiger partial charge in [0.1, 0.15) is 17.1 Å². The van der Waals surface area contributed by atoms with Gasteiger partial charge in [-0.2, -0.15) is 0 Å². The van der Waals surface area contributed by atoms with E-state index in [4.69, 9.17) is 13.9 Å². The van der Waals surface area contributed by atoms with Crippen molar-refractivity contribution in [1.82, 2.24) is 4.98 Å². The number of carbonyl (C=O) groups excluding carboxylic acids is 2. The number of aliphatic hydroxyl groups is 1. The predicted molar refractivity (Wildman–Crippen MR) is 144 cm³/mol. The Labute approximate surface area is 221 Å². The fourth-order valence-electron chi connectivity index (χ4n) is 4.61. The number of thiazole rings is 1. The van der Waals surface area contributed by atoms with Crippen molar-refractivity contribution in [2.45, 2.75) is 13.0 Å². The van der Waals surface area contributed by atoms with Gasteiger partial charge in [-0.15, -0.1) is 0 Å². The molecule has 1 amide bonds. The Balaban J connectivity index is 1.48. The Morgan fingerprint density at radius 2 is 1.84 bits per heavy atom. The average Bonchev–Trinajstić information content (AvgIpc) is 3.62. The normalized spacial score (nSPS) is 15.6. The van der Waals surface area contributed by atoms with E-state index in [-0.39, 0.29) is 11.3 Å². The summed E-state index contributed by atoms with van der Waals surface area (Å²) in [7, 11) is 1.58. The van der Waals surface area contributed by atoms with E-state index >= 15 is 0 Å². The third kappa shape index (κ3) is 3.88. The minimum Gasteiger partial charge on any atom is -0.503 e. The van der Waals surface area contributed by atoms with Crippen molar-refractivity contribution < 1.29 is 28.6 Å². The fraction of sp³-hybridized carbons (Fsp3) is 0.138. The van der Waals surface area contributed by atoms with Crippen LogP contribution in [0.5, 0.6) is 11.5 Å². The van der Waals surface area contributed by atoms with Gasteiger partial charge in [-0.1, -0.05) is 41.7 Å². The number of rotatable bonds is 7. The molecule has 1 aliphatic rings. The zero-order valence-corrected chi connectivity index (χ0v) is 21.3. The number of aromatic nitrogens is 1. The van der Waals surface area contributed by atoms with Crippen molar-refractivity contribution in [2.24, 2.45) is 0 Å². The summed E-state index contributed by atoms with van der Waals surface area (Å²) in [4.78, 5) is 33.3. The number of ether oxygens (including phenoxy) is 2. The molecule has 0 saturated carbocycles. The van der Waals surface area contributed by atoms with E-state index in [9.17, 15) is 14.7 Å². The number of Topliss-reactive ketones (excluding diaryl/α,β-unsaturated/α-hetero) is 1. The smallest absolute Gasteiger partial charge is 0.296 e. The third-order valence-electron chi connectivity index (χ3n) is 6.40. The Morgan fingerprint density at radius 3 is 2.58 bits per heavy atom. The van der Waals surface area contributed by atoms with Gasteiger partial charge in [0.15, 0.2) is 16.7 Å². The number of amides is 1. The molecule has 0 fully saturated rings. The molecule has 1 N–H and O–H groups in total. The van der Waals surface area contributed by atoms with Crippen LogP contribution in [0.2, 0.25) is 0 Å². The second kappa shape index (κ2) is 9.35. The minimum atomic E-state index is -0.929. The van der Waals surface area contributed by atoms with Crippen molar-refractivity contribution in [1.29, 1.82) is 0 Å². The number of aliphatic hydroxyl groups excluding tert-OH is 1. The topological polar surface area (TPSA) is 102 Å². The molecule has 0 saturated heterocycles. The summed E-state index contributed by atoms with van der Waals surface area (Å²) in [6.07, 6.45) is 0. The minimum absolute atomic E-state index is 0.0346. The second-order valence-corrected chi connectivity index (χ2v) is 9.66. The molecule has 0 radical (unpaired) electrons. The van der Waals surface area contributed by atoms with Gasteiger partial charge in [0.2, 0.25) is 5.78 Å². The number of furan rings is 1. The molecule has 1 aliphatic heterocycles. The molecule has 38 heavy (non-hydrogen) atoms. The molecular weight excluding hydrogens is 504 g/mol. The maximum Gasteiger partial charge on any atom is 0.296 e. The van der Waals surface area contributed by atoms with Gasteiger partial charge < -0.3 is 19.0 Å². The van der Waals surface area contributed by atoms with Crippen molar-refractivity contribution in [2.75, 3.05) is 18.6 Å². The molecule has 8 nitrogen and oxygen atoms in total. The van der Waals surface area contributed by atoms with Crippen molar-refractivity contribution >= 4 is 49.3 Å². The Kier molecular flexibility index (Phi) is 5.84. The number of para-hydroxylation sites is 1. The maximum atomic E-state index is 13.8. The van der Waals surface area contributed by atoms with Crippen LogP contribution < -0.4 is 14.4 Å². The summed E-state index contributed by atoms with van der Waals surface area (Å²) in [5, 5.41) is 12.2. The highest BCUT2D eigenvalue weighted by Crippen LogP contribution is 2.45. The number of hydrogen-bond donors (Lipinski definition) is 1. The first-order chi connectivity index (χ1) is 18.5. The summed E-state index contributed by atoms with van der Waals surface area (Å²) in [6, 6.07) is 20.4. The summed E-state index contributed by atoms with van der Waals surface area (Å²) in [5.41, 5.74) is 1.74. The molecule has 1 unspecified atom stereocenters. The lowest BCUT2D eigenvalue weighted by atomic mass is 9.95. The quantitative estimate of drug-likeness (QED) is 0.251. The zero-order valence-electron chi connectivity index (χ0n) is 20.5. The number of carbonyl (C=O) groups is 2. The molecular formula is C29H22N2O6S. The van der Waals surface area contributed by atoms with Crippen molar-refractivity contribution in [3.05, 3.63) is 95.5 Å². The van der Waals surface area contributed by atoms with E-state index in [0.717, 1.165) is 10.1 Å². The van der Waals surface area contributed by atoms with Crippen LogP contribution in [0.25, 0.3) is 21.2 Å². The molecule has 0 spiro atoms. The monoisotopic (exact) mass is 526 g/mol. The van der Waals surface area contributed by atoms with E-state index in [0.29, 0.717) is 39.9 Å². The SMILES string of the molecule is CCOc1ccc(C2C(C(=O)c3cc4ccccc4o3)=C(O)C(=O)N2c2nc3ccc(OC)cc3s2)cc1. The van der Waals surface area contributed by atoms with Crippen LogP contribution >= 0.6 is 11.3 Å². The largest absolute Gasteiger partial charge is 0.503 e. The van der Waals surface area contributed by atoms with Gasteiger partial charge in [0.25, 0.3) is 5.91 Å². The highest BCUT2D eigenvalue weighted by atomic mass is 32.1. The third-order valence-corrected chi connectivity index (χ3v) is 7.42. The molecule has 5 aromatic rings. The fourth-order valence-corrected chi connectivity index (χ4v) is 5.63. The highest BCUT2D eigenvalue weighted by molar-refractivity contribution is 7.22. The molecule has 190 valence electrons. The Morgan fingerprint density at radius 1 is 1.08 bits per heavy atom. The van der Waals surface area contributed by atoms with Gasteiger partial charge in [0.05, 0.1) is 35.5 Å². The molecule has 0 bridgehead atoms. The van der Waals surface area contributed by atoms with Gasteiger partial charge in [0, 0.05) is 5.39 Å². The van der Waals surface area contributed by atoms with Gasteiger partial charge >= 0.3 is 0 Å². The number of fused-ring (bicyclic) bond motifs is 2. The van der Waals surface area contributed by atoms with E-state index in [1.54, 1.807) is 55.6 Å². The van der Waals surface area contributed by atoms with E-state index in [2.05, 4.69) is 4.98 Å². The number of ketones is 1. The molecule has 2 aromatic heterocycles. The molecule has 6 rings (SSSR count). The van der Waals surface area contributed by atoms with Crippen LogP contribution in [0.15, 0.2) is 88.5 Å². The zero-order chi connectivity index (χ0) is 26.4. The average molecular weight is 527 g/mol. The predicted octanol–water partition coefficient (Wildman–Crippen LogP) is 6.23. The molecule has 3 aromatic carbocycles. The number of hydrogen-bond acceptors (Lipinski definition) is 8. The Hall–Kier alpha value is -4.63. The van der Waals surface area contributed by atoms with Crippen molar-refractivity contribution in [3.63, 3.8) is 0 Å². The second-order valence-electron chi connectivity index (χ2n) is 8.65. The molecule has 3 heterocycles. The number of nitrogens with zero attached hydrogens (tertiary/aromatic N) is 2. The number of benzene rings is 3. The highest BCUT2D eigenvalue weighted by Gasteiger charge is 2.46. The maximum absolute atomic E-state index is 13.8. The van der Waals surface area contributed by atoms with Crippen LogP contribution in [0.1, 0.15) is 29.1 Å². The van der Waals surface area contributed by atoms with E-state index in [1.807, 2.05) is 31.2 Å². The lowest BCUT2D eigenvalue weighted by Crippen LogP contribution is -2.30. The first-order valence-corrected chi connectivity index (χ1v) is 12.8. The van der Waals surface area contributed by atoms with Gasteiger partial charge in [-0.05, 0) is 55.0 Å². The molecule has 9 heteroatoms. The molecule has 0 aliphatic carbocycles. The lowest BCUT2D eigenvalue weighted by molar-refractivity contribution is -0.117. The standard InChI is InChI=1S/C29H22N2O6S/c1-3-36-18-10-8-16(9-11-18)25-24(26(32)22-14-17-6-4-5-7-21(17)37-22)27(33)28(34)31(25)29-30-20-13-12-19(35-2)15-23(20)38-29/h4-15,25,33H,3H2,1-2H3. The van der Waals surface area contributed by atoms with Crippen molar-refractivity contribution in [3.8, 4) is 11.5 Å². The van der Waals surface area contributed by atoms with E-state index < -0.39 is 23.5 Å². The van der Waals surface area contributed by atoms with Crippen LogP contribution in [0, 0.1) is 0 Å². The first-order valence-electron chi connectivity index (χ1n) is 12.0. The van der Waals surface area contributed by atoms with Crippen LogP contribution in [-0.2, 0) is 4.79 Å². The number of methoxy groups -OCH3 is 1. The summed E-state index contributed by atoms with van der Waals surface area (Å²) in [5.74, 6) is -0.577. The molecule has 1 atom stereocenters. The van der Waals surface area contributed by atoms with E-state index in [1.165, 1.54) is 16.2 Å². The van der Waals surface area contributed by atoms with Crippen LogP contribution in [0.3, 0.4) is 0 Å². The summed E-state index contributed by atoms with van der Waals surface area (Å²) >= 11 is 1.27. The lowest BCUT2D eigenvalue weighted by Gasteiger charge is -2.24. The van der Waals surface area contributed by atoms with Crippen LogP contribution in [-0.4, -0.2) is 35.5 Å². The summed E-state index contributed by atoms with van der Waals surface area (Å²) in [6.45, 7) is 2.39. The van der Waals surface area contributed by atoms with Crippen LogP contribution in [0.4, 0.5) is 5.13 Å². The first kappa shape index (κ1) is 23.7. The van der Waals surface area contributed by atoms with Gasteiger partial charge in [-0.3, -0.25) is 14.5 Å². The number of anilines is 1. The summed E-state index contributed by atoms with van der Waals surface area (Å²) < 4.78 is 17.5. The van der Waals surface area contributed by atoms with Gasteiger partial charge in [-0.25, -0.2) is 4.98 Å².